The number of ether oxygens (including phenoxy) is 2. The Bertz CT molecular complexity index is 2570. The smallest absolute Gasteiger partial charge is 0.436 e. The number of hydrogen-bond donors (Lipinski definition) is 1. The molecule has 0 unspecified atom stereocenters. The largest absolute Gasteiger partial charge is 0.495 e. The highest BCUT2D eigenvalue weighted by molar-refractivity contribution is 6.33. The minimum Gasteiger partial charge on any atom is -0.495 e. The molecular formula is C41H42Cl4F6N10O6. The van der Waals surface area contributed by atoms with Gasteiger partial charge in [-0.15, -0.1) is 0 Å². The van der Waals surface area contributed by atoms with Crippen LogP contribution in [0.25, 0.3) is 0 Å². The van der Waals surface area contributed by atoms with E-state index in [0.717, 1.165) is 9.36 Å². The van der Waals surface area contributed by atoms with Crippen molar-refractivity contribution in [2.45, 2.75) is 46.2 Å². The average molecular weight is 1030 g/mol. The number of alkyl halides is 6. The number of aromatic nitrogens is 4. The van der Waals surface area contributed by atoms with Crippen molar-refractivity contribution in [1.82, 2.24) is 34.7 Å². The van der Waals surface area contributed by atoms with Crippen LogP contribution >= 0.6 is 46.4 Å². The Hall–Kier alpha value is -5.63. The lowest BCUT2D eigenvalue weighted by molar-refractivity contribution is -0.142. The number of nitriles is 1. The molecule has 362 valence electrons. The first kappa shape index (κ1) is 52.3. The zero-order chi connectivity index (χ0) is 49.7. The van der Waals surface area contributed by atoms with Crippen LogP contribution in [0.15, 0.2) is 24.3 Å². The Kier molecular flexibility index (Phi) is 16.8. The molecule has 2 aliphatic rings. The Morgan fingerprint density at radius 1 is 0.672 bits per heavy atom. The number of methoxy groups -OCH3 is 2. The molecule has 26 heteroatoms. The van der Waals surface area contributed by atoms with Crippen molar-refractivity contribution < 1.29 is 55.0 Å². The van der Waals surface area contributed by atoms with E-state index in [0.29, 0.717) is 79.3 Å². The van der Waals surface area contributed by atoms with E-state index >= 15 is 0 Å². The topological polar surface area (TPSA) is 171 Å². The standard InChI is InChI=1S/C21H24Cl2F3N5O3.C20H18Cl2F3N5O3/c1-4-27-20(33)13-9-14(22)16(34-3)10-15(13)29-5-7-30(8-6-29)17(32)11-31-12(2)18(23)19(28-31)21(24,25)26;1-11-18(22)19(20(23,24)25)27-30(11)10-17(32)29-5-3-28(4-6-29)14-8-16(33-2)13(21)7-12(14)15(31)9-26/h9-10H,4-8,11H2,1-3H3,(H,27,33);7-8H,3-6,10H2,1-2H3. The van der Waals surface area contributed by atoms with Crippen molar-refractivity contribution in [2.24, 2.45) is 0 Å². The minimum atomic E-state index is -4.72. The second-order valence-corrected chi connectivity index (χ2v) is 16.4. The summed E-state index contributed by atoms with van der Waals surface area (Å²) in [6.07, 6.45) is -9.43. The second kappa shape index (κ2) is 21.5. The highest BCUT2D eigenvalue weighted by Crippen LogP contribution is 2.38. The number of carbonyl (C=O) groups excluding carboxylic acids is 4. The molecule has 0 radical (unpaired) electrons. The normalized spacial score (nSPS) is 14.3. The number of nitrogens with zero attached hydrogens (tertiary/aromatic N) is 9. The zero-order valence-corrected chi connectivity index (χ0v) is 39.4. The monoisotopic (exact) mass is 1020 g/mol. The van der Waals surface area contributed by atoms with E-state index in [1.54, 1.807) is 31.2 Å². The number of amides is 3. The molecule has 0 aliphatic carbocycles. The predicted octanol–water partition coefficient (Wildman–Crippen LogP) is 7.21. The van der Waals surface area contributed by atoms with E-state index in [4.69, 9.17) is 61.1 Å². The minimum absolute atomic E-state index is 0.0453. The van der Waals surface area contributed by atoms with Gasteiger partial charge in [0.1, 0.15) is 30.7 Å². The van der Waals surface area contributed by atoms with Gasteiger partial charge in [-0.25, -0.2) is 0 Å². The maximum absolute atomic E-state index is 13.0. The highest BCUT2D eigenvalue weighted by Gasteiger charge is 2.40. The van der Waals surface area contributed by atoms with Crippen molar-refractivity contribution in [3.8, 4) is 17.6 Å². The molecule has 0 atom stereocenters. The van der Waals surface area contributed by atoms with Gasteiger partial charge in [0.05, 0.1) is 68.2 Å². The first-order valence-electron chi connectivity index (χ1n) is 20.1. The quantitative estimate of drug-likeness (QED) is 0.0916. The summed E-state index contributed by atoms with van der Waals surface area (Å²) in [5, 5.41) is 18.2. The van der Waals surface area contributed by atoms with E-state index in [-0.39, 0.29) is 53.4 Å². The van der Waals surface area contributed by atoms with Gasteiger partial charge >= 0.3 is 12.4 Å². The molecule has 16 nitrogen and oxygen atoms in total. The molecule has 2 saturated heterocycles. The van der Waals surface area contributed by atoms with Gasteiger partial charge in [-0.05, 0) is 32.9 Å². The molecule has 4 aromatic rings. The van der Waals surface area contributed by atoms with Crippen molar-refractivity contribution in [2.75, 3.05) is 82.9 Å². The van der Waals surface area contributed by atoms with E-state index in [9.17, 15) is 45.5 Å². The van der Waals surface area contributed by atoms with Gasteiger partial charge in [0.15, 0.2) is 11.4 Å². The van der Waals surface area contributed by atoms with Crippen LogP contribution in [0.5, 0.6) is 11.5 Å². The summed E-state index contributed by atoms with van der Waals surface area (Å²) < 4.78 is 90.6. The third-order valence-corrected chi connectivity index (χ3v) is 12.3. The molecule has 1 N–H and O–H groups in total. The summed E-state index contributed by atoms with van der Waals surface area (Å²) in [5.41, 5.74) is -0.768. The molecule has 2 aromatic heterocycles. The van der Waals surface area contributed by atoms with E-state index in [2.05, 4.69) is 15.5 Å². The van der Waals surface area contributed by atoms with Gasteiger partial charge in [0, 0.05) is 71.0 Å². The van der Waals surface area contributed by atoms with Crippen LogP contribution in [0.2, 0.25) is 20.1 Å². The van der Waals surface area contributed by atoms with Crippen LogP contribution in [0, 0.1) is 25.2 Å². The van der Waals surface area contributed by atoms with Crippen molar-refractivity contribution >= 4 is 81.3 Å². The van der Waals surface area contributed by atoms with Gasteiger partial charge in [0.25, 0.3) is 11.7 Å². The van der Waals surface area contributed by atoms with Crippen molar-refractivity contribution in [1.29, 1.82) is 5.26 Å². The maximum Gasteiger partial charge on any atom is 0.436 e. The highest BCUT2D eigenvalue weighted by atomic mass is 35.5. The molecule has 67 heavy (non-hydrogen) atoms. The summed E-state index contributed by atoms with van der Waals surface area (Å²) in [7, 11) is 2.89. The lowest BCUT2D eigenvalue weighted by Gasteiger charge is -2.37. The molecule has 4 heterocycles. The Labute approximate surface area is 399 Å². The van der Waals surface area contributed by atoms with Crippen molar-refractivity contribution in [3.05, 3.63) is 78.3 Å². The second-order valence-electron chi connectivity index (χ2n) is 14.9. The van der Waals surface area contributed by atoms with Crippen LogP contribution < -0.4 is 24.6 Å². The van der Waals surface area contributed by atoms with Crippen LogP contribution in [0.4, 0.5) is 37.7 Å². The Morgan fingerprint density at radius 2 is 1.04 bits per heavy atom. The first-order chi connectivity index (χ1) is 31.4. The number of Topliss-reactive ketones (excluding diaryl/α,β-unsaturated/α-hetero) is 1. The van der Waals surface area contributed by atoms with E-state index in [1.165, 1.54) is 43.9 Å². The summed E-state index contributed by atoms with van der Waals surface area (Å²) in [6.45, 7) is 6.75. The fourth-order valence-electron chi connectivity index (χ4n) is 7.17. The molecule has 6 rings (SSSR count). The number of benzene rings is 2. The molecular weight excluding hydrogens is 984 g/mol. The number of nitrogens with one attached hydrogen (secondary N) is 1. The number of ketones is 1. The molecule has 0 spiro atoms. The van der Waals surface area contributed by atoms with Crippen molar-refractivity contribution in [3.63, 3.8) is 0 Å². The Balaban J connectivity index is 0.000000251. The van der Waals surface area contributed by atoms with Crippen LogP contribution in [-0.2, 0) is 35.0 Å². The molecule has 0 bridgehead atoms. The van der Waals surface area contributed by atoms with Gasteiger partial charge < -0.3 is 34.4 Å². The zero-order valence-electron chi connectivity index (χ0n) is 36.3. The molecule has 2 aliphatic heterocycles. The maximum atomic E-state index is 13.0. The van der Waals surface area contributed by atoms with Gasteiger partial charge in [-0.3, -0.25) is 28.5 Å². The summed E-state index contributed by atoms with van der Waals surface area (Å²) in [5.74, 6) is -1.12. The number of anilines is 2. The summed E-state index contributed by atoms with van der Waals surface area (Å²) >= 11 is 23.8. The lowest BCUT2D eigenvalue weighted by Crippen LogP contribution is -2.50. The average Bonchev–Trinajstić information content (AvgIpc) is 3.75. The van der Waals surface area contributed by atoms with Gasteiger partial charge in [-0.1, -0.05) is 46.4 Å². The molecule has 3 amide bonds. The van der Waals surface area contributed by atoms with E-state index in [1.807, 2.05) is 9.80 Å². The summed E-state index contributed by atoms with van der Waals surface area (Å²) in [6, 6.07) is 7.71. The number of rotatable bonds is 11. The molecule has 2 fully saturated rings. The third kappa shape index (κ3) is 11.9. The van der Waals surface area contributed by atoms with Crippen LogP contribution in [-0.4, -0.2) is 126 Å². The number of piperazine rings is 2. The lowest BCUT2D eigenvalue weighted by atomic mass is 10.1. The number of halogens is 10. The summed E-state index contributed by atoms with van der Waals surface area (Å²) in [4.78, 5) is 56.9. The number of carbonyl (C=O) groups is 4. The van der Waals surface area contributed by atoms with Crippen LogP contribution in [0.3, 0.4) is 0 Å². The fourth-order valence-corrected chi connectivity index (χ4v) is 8.14. The van der Waals surface area contributed by atoms with Gasteiger partial charge in [-0.2, -0.15) is 41.8 Å². The predicted molar refractivity (Wildman–Crippen MR) is 235 cm³/mol. The van der Waals surface area contributed by atoms with Crippen LogP contribution in [0.1, 0.15) is 50.4 Å². The third-order valence-electron chi connectivity index (χ3n) is 10.8. The Morgan fingerprint density at radius 3 is 1.37 bits per heavy atom. The molecule has 0 saturated carbocycles. The fraction of sp³-hybridized carbons (Fsp3) is 0.439. The SMILES string of the molecule is CCNC(=O)c1cc(Cl)c(OC)cc1N1CCN(C(=O)Cn2nc(C(F)(F)F)c(Cl)c2C)CC1.COc1cc(N2CCN(C(=O)Cn3nc(C(F)(F)F)c(Cl)c3C)CC2)c(C(=O)C#N)cc1Cl. The number of hydrogen-bond acceptors (Lipinski definition) is 11. The van der Waals surface area contributed by atoms with Gasteiger partial charge in [0.2, 0.25) is 11.8 Å². The molecule has 2 aromatic carbocycles. The first-order valence-corrected chi connectivity index (χ1v) is 21.6. The van der Waals surface area contributed by atoms with E-state index < -0.39 is 52.0 Å².